The van der Waals surface area contributed by atoms with Crippen LogP contribution in [-0.4, -0.2) is 20.4 Å². The fourth-order valence-electron chi connectivity index (χ4n) is 2.50. The van der Waals surface area contributed by atoms with Crippen molar-refractivity contribution < 1.29 is 13.2 Å². The van der Waals surface area contributed by atoms with Gasteiger partial charge in [0.1, 0.15) is 17.7 Å². The van der Waals surface area contributed by atoms with E-state index in [9.17, 15) is 8.42 Å². The number of hydrogen-bond donors (Lipinski definition) is 1. The van der Waals surface area contributed by atoms with Gasteiger partial charge in [-0.3, -0.25) is 9.71 Å². The van der Waals surface area contributed by atoms with Crippen LogP contribution in [0.15, 0.2) is 58.4 Å². The maximum absolute atomic E-state index is 12.1. The molecule has 1 aliphatic rings. The molecule has 1 unspecified atom stereocenters. The lowest BCUT2D eigenvalue weighted by atomic mass is 10.2. The molecule has 6 nitrogen and oxygen atoms in total. The molecule has 25 heavy (non-hydrogen) atoms. The van der Waals surface area contributed by atoms with Gasteiger partial charge in [-0.2, -0.15) is 5.26 Å². The van der Waals surface area contributed by atoms with E-state index in [0.29, 0.717) is 30.1 Å². The number of sulfonamides is 1. The standard InChI is InChI=1S/C18H17N3O3S/c1-2-14(11-19)24-15-7-5-6-13(10-15)12-20-18-16-8-3-4-9-17(16)25(22,23)21-18/h3-10,14H,2,12H2,1H3,(H,20,21). The van der Waals surface area contributed by atoms with E-state index in [2.05, 4.69) is 15.8 Å². The first-order chi connectivity index (χ1) is 12.0. The summed E-state index contributed by atoms with van der Waals surface area (Å²) < 4.78 is 32.2. The van der Waals surface area contributed by atoms with E-state index >= 15 is 0 Å². The van der Waals surface area contributed by atoms with E-state index in [1.54, 1.807) is 36.4 Å². The number of ether oxygens (including phenoxy) is 1. The average molecular weight is 355 g/mol. The summed E-state index contributed by atoms with van der Waals surface area (Å²) in [6, 6.07) is 16.1. The van der Waals surface area contributed by atoms with Crippen LogP contribution in [0.4, 0.5) is 0 Å². The first-order valence-corrected chi connectivity index (χ1v) is 9.33. The molecule has 1 aliphatic heterocycles. The Kier molecular flexibility index (Phi) is 4.72. The van der Waals surface area contributed by atoms with Crippen molar-refractivity contribution in [2.75, 3.05) is 0 Å². The van der Waals surface area contributed by atoms with Gasteiger partial charge < -0.3 is 4.74 Å². The molecule has 0 aromatic heterocycles. The molecule has 128 valence electrons. The number of hydrogen-bond acceptors (Lipinski definition) is 5. The Hall–Kier alpha value is -2.85. The molecule has 3 rings (SSSR count). The number of aliphatic imine (C=N–C) groups is 1. The first-order valence-electron chi connectivity index (χ1n) is 7.85. The van der Waals surface area contributed by atoms with Crippen LogP contribution in [-0.2, 0) is 16.6 Å². The van der Waals surface area contributed by atoms with Crippen molar-refractivity contribution in [3.8, 4) is 11.8 Å². The molecule has 0 saturated carbocycles. The van der Waals surface area contributed by atoms with Gasteiger partial charge in [0.2, 0.25) is 0 Å². The van der Waals surface area contributed by atoms with Crippen LogP contribution < -0.4 is 9.46 Å². The van der Waals surface area contributed by atoms with Gasteiger partial charge in [-0.15, -0.1) is 0 Å². The van der Waals surface area contributed by atoms with E-state index in [1.165, 1.54) is 0 Å². The summed E-state index contributed by atoms with van der Waals surface area (Å²) in [6.07, 6.45) is 0.108. The van der Waals surface area contributed by atoms with E-state index in [0.717, 1.165) is 5.56 Å². The van der Waals surface area contributed by atoms with E-state index in [4.69, 9.17) is 10.00 Å². The summed E-state index contributed by atoms with van der Waals surface area (Å²) in [6.45, 7) is 2.18. The molecule has 0 spiro atoms. The molecule has 1 atom stereocenters. The highest BCUT2D eigenvalue weighted by molar-refractivity contribution is 7.90. The summed E-state index contributed by atoms with van der Waals surface area (Å²) in [4.78, 5) is 4.64. The van der Waals surface area contributed by atoms with E-state index < -0.39 is 16.1 Å². The Balaban J connectivity index is 1.81. The second-order valence-electron chi connectivity index (χ2n) is 5.56. The molecule has 1 N–H and O–H groups in total. The van der Waals surface area contributed by atoms with Gasteiger partial charge in [-0.1, -0.05) is 31.2 Å². The summed E-state index contributed by atoms with van der Waals surface area (Å²) in [5.74, 6) is 0.934. The molecule has 0 radical (unpaired) electrons. The Morgan fingerprint density at radius 1 is 1.24 bits per heavy atom. The number of fused-ring (bicyclic) bond motifs is 1. The van der Waals surface area contributed by atoms with Crippen LogP contribution in [0.5, 0.6) is 5.75 Å². The number of benzene rings is 2. The third-order valence-corrected chi connectivity index (χ3v) is 5.17. The van der Waals surface area contributed by atoms with Crippen molar-refractivity contribution in [3.63, 3.8) is 0 Å². The fourth-order valence-corrected chi connectivity index (χ4v) is 3.75. The van der Waals surface area contributed by atoms with Crippen LogP contribution in [0.3, 0.4) is 0 Å². The minimum Gasteiger partial charge on any atom is -0.476 e. The topological polar surface area (TPSA) is 91.5 Å². The Labute approximate surface area is 146 Å². The van der Waals surface area contributed by atoms with Gasteiger partial charge in [-0.05, 0) is 36.2 Å². The molecule has 7 heteroatoms. The molecule has 2 aromatic carbocycles. The van der Waals surface area contributed by atoms with Crippen molar-refractivity contribution >= 4 is 15.9 Å². The SMILES string of the molecule is CCC(C#N)Oc1cccc(CN=C2NS(=O)(=O)c3ccccc32)c1. The predicted molar refractivity (Wildman–Crippen MR) is 93.8 cm³/mol. The van der Waals surface area contributed by atoms with Crippen molar-refractivity contribution in [3.05, 3.63) is 59.7 Å². The zero-order chi connectivity index (χ0) is 17.9. The number of rotatable bonds is 5. The third kappa shape index (κ3) is 3.64. The Bertz CT molecular complexity index is 962. The monoisotopic (exact) mass is 355 g/mol. The maximum Gasteiger partial charge on any atom is 0.263 e. The predicted octanol–water partition coefficient (Wildman–Crippen LogP) is 2.61. The van der Waals surface area contributed by atoms with Gasteiger partial charge in [0.15, 0.2) is 6.10 Å². The minimum atomic E-state index is -3.53. The maximum atomic E-state index is 12.1. The molecule has 1 heterocycles. The quantitative estimate of drug-likeness (QED) is 0.892. The zero-order valence-corrected chi connectivity index (χ0v) is 14.5. The summed E-state index contributed by atoms with van der Waals surface area (Å²) in [7, 11) is -3.53. The van der Waals surface area contributed by atoms with Gasteiger partial charge in [0.05, 0.1) is 11.4 Å². The molecule has 0 saturated heterocycles. The highest BCUT2D eigenvalue weighted by Crippen LogP contribution is 2.23. The summed E-state index contributed by atoms with van der Waals surface area (Å²) >= 11 is 0. The van der Waals surface area contributed by atoms with Gasteiger partial charge in [-0.25, -0.2) is 8.42 Å². The first kappa shape index (κ1) is 17.0. The zero-order valence-electron chi connectivity index (χ0n) is 13.6. The van der Waals surface area contributed by atoms with Crippen LogP contribution in [0.1, 0.15) is 24.5 Å². The fraction of sp³-hybridized carbons (Fsp3) is 0.222. The molecular weight excluding hydrogens is 338 g/mol. The van der Waals surface area contributed by atoms with Crippen LogP contribution in [0, 0.1) is 11.3 Å². The lowest BCUT2D eigenvalue weighted by Gasteiger charge is -2.10. The average Bonchev–Trinajstić information content (AvgIpc) is 2.89. The van der Waals surface area contributed by atoms with Crippen molar-refractivity contribution in [2.24, 2.45) is 4.99 Å². The Morgan fingerprint density at radius 2 is 2.04 bits per heavy atom. The summed E-state index contributed by atoms with van der Waals surface area (Å²) in [5.41, 5.74) is 1.44. The number of amidine groups is 1. The van der Waals surface area contributed by atoms with Crippen molar-refractivity contribution in [1.29, 1.82) is 5.26 Å². The van der Waals surface area contributed by atoms with Crippen molar-refractivity contribution in [1.82, 2.24) is 4.72 Å². The second-order valence-corrected chi connectivity index (χ2v) is 7.21. The number of nitriles is 1. The van der Waals surface area contributed by atoms with Crippen LogP contribution in [0.2, 0.25) is 0 Å². The minimum absolute atomic E-state index is 0.241. The van der Waals surface area contributed by atoms with Gasteiger partial charge in [0.25, 0.3) is 10.0 Å². The van der Waals surface area contributed by atoms with Crippen LogP contribution in [0.25, 0.3) is 0 Å². The third-order valence-electron chi connectivity index (χ3n) is 3.77. The molecule has 0 bridgehead atoms. The van der Waals surface area contributed by atoms with E-state index in [-0.39, 0.29) is 4.90 Å². The highest BCUT2D eigenvalue weighted by atomic mass is 32.2. The molecule has 0 aliphatic carbocycles. The van der Waals surface area contributed by atoms with Gasteiger partial charge >= 0.3 is 0 Å². The Morgan fingerprint density at radius 3 is 2.80 bits per heavy atom. The lowest BCUT2D eigenvalue weighted by molar-refractivity contribution is 0.251. The number of nitrogens with one attached hydrogen (secondary N) is 1. The second kappa shape index (κ2) is 6.95. The largest absolute Gasteiger partial charge is 0.476 e. The smallest absolute Gasteiger partial charge is 0.263 e. The van der Waals surface area contributed by atoms with Gasteiger partial charge in [0, 0.05) is 5.56 Å². The van der Waals surface area contributed by atoms with Crippen molar-refractivity contribution in [2.45, 2.75) is 30.9 Å². The number of nitrogens with zero attached hydrogens (tertiary/aromatic N) is 2. The molecule has 0 fully saturated rings. The lowest BCUT2D eigenvalue weighted by Crippen LogP contribution is -2.22. The molecular formula is C18H17N3O3S. The van der Waals surface area contributed by atoms with E-state index in [1.807, 2.05) is 19.1 Å². The normalized spacial score (nSPS) is 17.4. The highest BCUT2D eigenvalue weighted by Gasteiger charge is 2.29. The molecule has 0 amide bonds. The molecule has 2 aromatic rings. The van der Waals surface area contributed by atoms with Crippen LogP contribution >= 0.6 is 0 Å². The summed E-state index contributed by atoms with van der Waals surface area (Å²) in [5, 5.41) is 8.98.